The van der Waals surface area contributed by atoms with E-state index in [2.05, 4.69) is 41.6 Å². The first kappa shape index (κ1) is 11.2. The number of carbonyl (C=O) groups is 1. The topological polar surface area (TPSA) is 23.6 Å². The van der Waals surface area contributed by atoms with Gasteiger partial charge < -0.3 is 9.80 Å². The molecule has 0 aromatic heterocycles. The van der Waals surface area contributed by atoms with Crippen molar-refractivity contribution in [1.82, 2.24) is 9.80 Å². The summed E-state index contributed by atoms with van der Waals surface area (Å²) in [5.41, 5.74) is 0. The maximum Gasteiger partial charge on any atom is 0.232 e. The highest BCUT2D eigenvalue weighted by Gasteiger charge is 2.23. The molecule has 0 aromatic rings. The summed E-state index contributed by atoms with van der Waals surface area (Å²) in [6, 6.07) is 0.556. The number of carbonyl (C=O) groups excluding carboxylic acids is 1. The first-order valence-electron chi connectivity index (χ1n) is 4.65. The van der Waals surface area contributed by atoms with Crippen LogP contribution in [0.4, 0.5) is 0 Å². The molecule has 0 N–H and O–H groups in total. The van der Waals surface area contributed by atoms with E-state index in [1.54, 1.807) is 0 Å². The molecule has 0 spiro atoms. The molecular formula is C9H17IN2O. The van der Waals surface area contributed by atoms with Gasteiger partial charge in [0.05, 0.1) is 4.43 Å². The second-order valence-electron chi connectivity index (χ2n) is 3.73. The number of rotatable bonds is 2. The van der Waals surface area contributed by atoms with Crippen LogP contribution in [0.15, 0.2) is 0 Å². The third kappa shape index (κ3) is 3.09. The molecule has 0 aliphatic carbocycles. The Morgan fingerprint density at radius 2 is 2.31 bits per heavy atom. The van der Waals surface area contributed by atoms with Crippen molar-refractivity contribution < 1.29 is 4.79 Å². The van der Waals surface area contributed by atoms with Crippen molar-refractivity contribution in [3.8, 4) is 0 Å². The molecular weight excluding hydrogens is 279 g/mol. The number of alkyl halides is 1. The summed E-state index contributed by atoms with van der Waals surface area (Å²) in [5, 5.41) is 0. The van der Waals surface area contributed by atoms with Crippen molar-refractivity contribution >= 4 is 28.5 Å². The number of likely N-dealkylation sites (N-methyl/N-ethyl adjacent to an activating group) is 1. The van der Waals surface area contributed by atoms with E-state index >= 15 is 0 Å². The van der Waals surface area contributed by atoms with Gasteiger partial charge in [-0.3, -0.25) is 4.79 Å². The molecule has 1 atom stereocenters. The lowest BCUT2D eigenvalue weighted by Crippen LogP contribution is -2.47. The number of piperidine rings is 1. The van der Waals surface area contributed by atoms with E-state index in [9.17, 15) is 4.79 Å². The van der Waals surface area contributed by atoms with Crippen LogP contribution in [0.1, 0.15) is 12.8 Å². The molecule has 13 heavy (non-hydrogen) atoms. The van der Waals surface area contributed by atoms with Gasteiger partial charge >= 0.3 is 0 Å². The summed E-state index contributed by atoms with van der Waals surface area (Å²) in [4.78, 5) is 15.6. The maximum absolute atomic E-state index is 11.4. The molecule has 1 aliphatic rings. The van der Waals surface area contributed by atoms with Crippen molar-refractivity contribution in [3.63, 3.8) is 0 Å². The van der Waals surface area contributed by atoms with Gasteiger partial charge in [0.2, 0.25) is 5.91 Å². The summed E-state index contributed by atoms with van der Waals surface area (Å²) in [6.45, 7) is 1.86. The van der Waals surface area contributed by atoms with Crippen molar-refractivity contribution in [1.29, 1.82) is 0 Å². The third-order valence-corrected chi connectivity index (χ3v) is 3.25. The molecule has 0 bridgehead atoms. The van der Waals surface area contributed by atoms with Gasteiger partial charge in [-0.05, 0) is 26.9 Å². The van der Waals surface area contributed by atoms with Crippen LogP contribution in [-0.4, -0.2) is 53.4 Å². The van der Waals surface area contributed by atoms with Crippen LogP contribution in [0.5, 0.6) is 0 Å². The Bertz CT molecular complexity index is 184. The molecule has 0 aromatic carbocycles. The molecule has 0 radical (unpaired) electrons. The summed E-state index contributed by atoms with van der Waals surface area (Å²) >= 11 is 2.14. The minimum atomic E-state index is 0.284. The van der Waals surface area contributed by atoms with E-state index in [1.165, 1.54) is 6.42 Å². The fraction of sp³-hybridized carbons (Fsp3) is 0.889. The zero-order valence-corrected chi connectivity index (χ0v) is 10.5. The van der Waals surface area contributed by atoms with Crippen molar-refractivity contribution in [3.05, 3.63) is 0 Å². The predicted molar refractivity (Wildman–Crippen MR) is 62.2 cm³/mol. The van der Waals surface area contributed by atoms with E-state index in [1.807, 2.05) is 4.90 Å². The highest BCUT2D eigenvalue weighted by atomic mass is 127. The van der Waals surface area contributed by atoms with E-state index in [0.717, 1.165) is 19.5 Å². The SMILES string of the molecule is CN(C)C1CCCN(C(=O)CI)C1. The number of likely N-dealkylation sites (tertiary alicyclic amines) is 1. The number of nitrogens with zero attached hydrogens (tertiary/aromatic N) is 2. The minimum absolute atomic E-state index is 0.284. The quantitative estimate of drug-likeness (QED) is 0.560. The summed E-state index contributed by atoms with van der Waals surface area (Å²) in [6.07, 6.45) is 2.36. The van der Waals surface area contributed by atoms with Gasteiger partial charge in [0.1, 0.15) is 0 Å². The van der Waals surface area contributed by atoms with Gasteiger partial charge in [0, 0.05) is 19.1 Å². The molecule has 1 amide bonds. The Kier molecular flexibility index (Phi) is 4.45. The highest BCUT2D eigenvalue weighted by molar-refractivity contribution is 14.1. The van der Waals surface area contributed by atoms with Crippen LogP contribution < -0.4 is 0 Å². The fourth-order valence-corrected chi connectivity index (χ4v) is 2.17. The molecule has 1 aliphatic heterocycles. The van der Waals surface area contributed by atoms with E-state index in [-0.39, 0.29) is 5.91 Å². The number of amides is 1. The Labute approximate surface area is 93.6 Å². The second-order valence-corrected chi connectivity index (χ2v) is 4.50. The molecule has 1 fully saturated rings. The molecule has 1 unspecified atom stereocenters. The Morgan fingerprint density at radius 1 is 1.62 bits per heavy atom. The van der Waals surface area contributed by atoms with Crippen molar-refractivity contribution in [2.45, 2.75) is 18.9 Å². The van der Waals surface area contributed by atoms with Crippen LogP contribution >= 0.6 is 22.6 Å². The van der Waals surface area contributed by atoms with Gasteiger partial charge in [-0.1, -0.05) is 22.6 Å². The number of hydrogen-bond acceptors (Lipinski definition) is 2. The summed E-state index contributed by atoms with van der Waals surface area (Å²) in [7, 11) is 4.17. The van der Waals surface area contributed by atoms with E-state index < -0.39 is 0 Å². The highest BCUT2D eigenvalue weighted by Crippen LogP contribution is 2.14. The standard InChI is InChI=1S/C9H17IN2O/c1-11(2)8-4-3-5-12(7-8)9(13)6-10/h8H,3-7H2,1-2H3. The van der Waals surface area contributed by atoms with Crippen LogP contribution in [0.2, 0.25) is 0 Å². The number of hydrogen-bond donors (Lipinski definition) is 0. The van der Waals surface area contributed by atoms with Gasteiger partial charge in [-0.25, -0.2) is 0 Å². The van der Waals surface area contributed by atoms with Crippen molar-refractivity contribution in [2.24, 2.45) is 0 Å². The predicted octanol–water partition coefficient (Wildman–Crippen LogP) is 0.974. The van der Waals surface area contributed by atoms with E-state index in [0.29, 0.717) is 10.5 Å². The Balaban J connectivity index is 2.46. The maximum atomic E-state index is 11.4. The first-order valence-corrected chi connectivity index (χ1v) is 6.18. The monoisotopic (exact) mass is 296 g/mol. The summed E-state index contributed by atoms with van der Waals surface area (Å²) in [5.74, 6) is 0.284. The van der Waals surface area contributed by atoms with Gasteiger partial charge in [-0.2, -0.15) is 0 Å². The Morgan fingerprint density at radius 3 is 2.85 bits per heavy atom. The molecule has 76 valence electrons. The molecule has 1 saturated heterocycles. The van der Waals surface area contributed by atoms with Crippen LogP contribution in [0, 0.1) is 0 Å². The van der Waals surface area contributed by atoms with E-state index in [4.69, 9.17) is 0 Å². The lowest BCUT2D eigenvalue weighted by Gasteiger charge is -2.35. The second kappa shape index (κ2) is 5.14. The van der Waals surface area contributed by atoms with Gasteiger partial charge in [0.25, 0.3) is 0 Å². The molecule has 1 rings (SSSR count). The normalized spacial score (nSPS) is 23.7. The lowest BCUT2D eigenvalue weighted by atomic mass is 10.1. The average molecular weight is 296 g/mol. The lowest BCUT2D eigenvalue weighted by molar-refractivity contribution is -0.129. The van der Waals surface area contributed by atoms with Crippen molar-refractivity contribution in [2.75, 3.05) is 31.6 Å². The van der Waals surface area contributed by atoms with Crippen LogP contribution in [-0.2, 0) is 4.79 Å². The largest absolute Gasteiger partial charge is 0.340 e. The molecule has 1 heterocycles. The van der Waals surface area contributed by atoms with Crippen LogP contribution in [0.25, 0.3) is 0 Å². The Hall–Kier alpha value is 0.160. The molecule has 4 heteroatoms. The van der Waals surface area contributed by atoms with Gasteiger partial charge in [-0.15, -0.1) is 0 Å². The fourth-order valence-electron chi connectivity index (χ4n) is 1.69. The summed E-state index contributed by atoms with van der Waals surface area (Å²) < 4.78 is 0.609. The average Bonchev–Trinajstić information content (AvgIpc) is 2.17. The minimum Gasteiger partial charge on any atom is -0.340 e. The van der Waals surface area contributed by atoms with Gasteiger partial charge in [0.15, 0.2) is 0 Å². The smallest absolute Gasteiger partial charge is 0.232 e. The zero-order valence-electron chi connectivity index (χ0n) is 8.29. The molecule has 0 saturated carbocycles. The van der Waals surface area contributed by atoms with Crippen LogP contribution in [0.3, 0.4) is 0 Å². The third-order valence-electron chi connectivity index (χ3n) is 2.59. The molecule has 3 nitrogen and oxygen atoms in total. The number of halogens is 1. The first-order chi connectivity index (χ1) is 6.15. The zero-order chi connectivity index (χ0) is 9.84.